The molecule has 28 heavy (non-hydrogen) atoms. The number of allylic oxidation sites excluding steroid dienone is 1. The number of amides is 2. The van der Waals surface area contributed by atoms with E-state index < -0.39 is 17.7 Å². The van der Waals surface area contributed by atoms with Gasteiger partial charge in [0.25, 0.3) is 0 Å². The minimum atomic E-state index is -0.747. The van der Waals surface area contributed by atoms with Crippen LogP contribution in [0.2, 0.25) is 0 Å². The second-order valence-corrected chi connectivity index (χ2v) is 7.18. The Labute approximate surface area is 164 Å². The molecule has 1 aliphatic rings. The molecule has 0 aliphatic carbocycles. The maximum atomic E-state index is 14.4. The van der Waals surface area contributed by atoms with E-state index in [-0.39, 0.29) is 48.4 Å². The van der Waals surface area contributed by atoms with Crippen LogP contribution in [0.25, 0.3) is 0 Å². The van der Waals surface area contributed by atoms with E-state index in [0.29, 0.717) is 12.2 Å². The van der Waals surface area contributed by atoms with Crippen molar-refractivity contribution in [2.45, 2.75) is 40.0 Å². The molecular formula is C21H27FN2O4. The normalized spacial score (nSPS) is 17.1. The maximum Gasteiger partial charge on any atom is 0.336 e. The third kappa shape index (κ3) is 4.97. The average Bonchev–Trinajstić information content (AvgIpc) is 2.63. The third-order valence-corrected chi connectivity index (χ3v) is 4.61. The second kappa shape index (κ2) is 9.48. The topological polar surface area (TPSA) is 75.7 Å². The smallest absolute Gasteiger partial charge is 0.336 e. The molecule has 1 atom stereocenters. The molecule has 1 aromatic carbocycles. The molecule has 0 saturated carbocycles. The molecule has 7 heteroatoms. The summed E-state index contributed by atoms with van der Waals surface area (Å²) in [6.07, 6.45) is -0.107. The summed E-state index contributed by atoms with van der Waals surface area (Å²) < 4.78 is 19.5. The zero-order valence-corrected chi connectivity index (χ0v) is 16.8. The summed E-state index contributed by atoms with van der Waals surface area (Å²) in [5, 5.41) is 2.76. The standard InChI is InChI=1S/C21H27FN2O4/c1-5-28-21(27)20-14(4)24(12-18(25)23-11-13(2)3)19(26)10-16(20)15-8-6-7-9-17(15)22/h6-9,13,16H,5,10-12H2,1-4H3,(H,23,25). The van der Waals surface area contributed by atoms with E-state index in [2.05, 4.69) is 5.32 Å². The van der Waals surface area contributed by atoms with Gasteiger partial charge in [0.2, 0.25) is 11.8 Å². The summed E-state index contributed by atoms with van der Waals surface area (Å²) in [5.74, 6) is -2.21. The SMILES string of the molecule is CCOC(=O)C1=C(C)N(CC(=O)NCC(C)C)C(=O)CC1c1ccccc1F. The number of carbonyl (C=O) groups excluding carboxylic acids is 3. The monoisotopic (exact) mass is 390 g/mol. The molecule has 6 nitrogen and oxygen atoms in total. The van der Waals surface area contributed by atoms with Crippen molar-refractivity contribution >= 4 is 17.8 Å². The van der Waals surface area contributed by atoms with Gasteiger partial charge < -0.3 is 15.0 Å². The van der Waals surface area contributed by atoms with Gasteiger partial charge in [-0.3, -0.25) is 9.59 Å². The van der Waals surface area contributed by atoms with Gasteiger partial charge >= 0.3 is 5.97 Å². The second-order valence-electron chi connectivity index (χ2n) is 7.18. The highest BCUT2D eigenvalue weighted by Crippen LogP contribution is 2.37. The van der Waals surface area contributed by atoms with E-state index in [9.17, 15) is 18.8 Å². The lowest BCUT2D eigenvalue weighted by atomic mass is 9.83. The third-order valence-electron chi connectivity index (χ3n) is 4.61. The van der Waals surface area contributed by atoms with Crippen molar-refractivity contribution in [2.75, 3.05) is 19.7 Å². The van der Waals surface area contributed by atoms with Crippen LogP contribution >= 0.6 is 0 Å². The number of ether oxygens (including phenoxy) is 1. The number of benzene rings is 1. The van der Waals surface area contributed by atoms with E-state index in [1.807, 2.05) is 13.8 Å². The van der Waals surface area contributed by atoms with Gasteiger partial charge in [0.05, 0.1) is 12.2 Å². The number of hydrogen-bond donors (Lipinski definition) is 1. The van der Waals surface area contributed by atoms with E-state index in [0.717, 1.165) is 0 Å². The molecule has 0 spiro atoms. The lowest BCUT2D eigenvalue weighted by molar-refractivity contribution is -0.141. The number of halogens is 1. The molecule has 2 rings (SSSR count). The molecule has 1 N–H and O–H groups in total. The summed E-state index contributed by atoms with van der Waals surface area (Å²) in [5.41, 5.74) is 0.799. The lowest BCUT2D eigenvalue weighted by Gasteiger charge is -2.34. The van der Waals surface area contributed by atoms with Crippen molar-refractivity contribution in [3.05, 3.63) is 46.9 Å². The predicted molar refractivity (Wildman–Crippen MR) is 103 cm³/mol. The highest BCUT2D eigenvalue weighted by molar-refractivity contribution is 5.97. The van der Waals surface area contributed by atoms with Crippen molar-refractivity contribution < 1.29 is 23.5 Å². The molecule has 0 bridgehead atoms. The van der Waals surface area contributed by atoms with Crippen molar-refractivity contribution in [1.29, 1.82) is 0 Å². The first-order valence-electron chi connectivity index (χ1n) is 9.45. The number of rotatable bonds is 7. The molecule has 0 radical (unpaired) electrons. The Balaban J connectivity index is 2.39. The van der Waals surface area contributed by atoms with Crippen LogP contribution in [0.5, 0.6) is 0 Å². The number of esters is 1. The predicted octanol–water partition coefficient (Wildman–Crippen LogP) is 2.75. The molecule has 152 valence electrons. The first kappa shape index (κ1) is 21.6. The van der Waals surface area contributed by atoms with Crippen LogP contribution < -0.4 is 5.32 Å². The number of carbonyl (C=O) groups is 3. The summed E-state index contributed by atoms with van der Waals surface area (Å²) in [7, 11) is 0. The van der Waals surface area contributed by atoms with Crippen LogP contribution in [0.3, 0.4) is 0 Å². The fraction of sp³-hybridized carbons (Fsp3) is 0.476. The first-order valence-corrected chi connectivity index (χ1v) is 9.45. The number of nitrogens with zero attached hydrogens (tertiary/aromatic N) is 1. The van der Waals surface area contributed by atoms with Crippen LogP contribution in [0.15, 0.2) is 35.5 Å². The van der Waals surface area contributed by atoms with Gasteiger partial charge in [-0.1, -0.05) is 32.0 Å². The summed E-state index contributed by atoms with van der Waals surface area (Å²) in [6, 6.07) is 6.07. The van der Waals surface area contributed by atoms with E-state index in [1.165, 1.54) is 11.0 Å². The van der Waals surface area contributed by atoms with Crippen molar-refractivity contribution in [1.82, 2.24) is 10.2 Å². The molecule has 1 heterocycles. The minimum absolute atomic E-state index is 0.107. The van der Waals surface area contributed by atoms with E-state index >= 15 is 0 Å². The van der Waals surface area contributed by atoms with Crippen LogP contribution in [0.1, 0.15) is 45.6 Å². The first-order chi connectivity index (χ1) is 13.3. The summed E-state index contributed by atoms with van der Waals surface area (Å²) in [4.78, 5) is 38.8. The minimum Gasteiger partial charge on any atom is -0.463 e. The van der Waals surface area contributed by atoms with Crippen LogP contribution in [0, 0.1) is 11.7 Å². The van der Waals surface area contributed by atoms with Crippen molar-refractivity contribution in [2.24, 2.45) is 5.92 Å². The summed E-state index contributed by atoms with van der Waals surface area (Å²) in [6.45, 7) is 7.66. The Morgan fingerprint density at radius 3 is 2.61 bits per heavy atom. The fourth-order valence-electron chi connectivity index (χ4n) is 3.22. The summed E-state index contributed by atoms with van der Waals surface area (Å²) >= 11 is 0. The Bertz CT molecular complexity index is 788. The van der Waals surface area contributed by atoms with Gasteiger partial charge in [-0.2, -0.15) is 0 Å². The lowest BCUT2D eigenvalue weighted by Crippen LogP contribution is -2.44. The Morgan fingerprint density at radius 1 is 1.32 bits per heavy atom. The highest BCUT2D eigenvalue weighted by atomic mass is 19.1. The van der Waals surface area contributed by atoms with Gasteiger partial charge in [-0.05, 0) is 31.4 Å². The Morgan fingerprint density at radius 2 is 2.00 bits per heavy atom. The number of nitrogens with one attached hydrogen (secondary N) is 1. The van der Waals surface area contributed by atoms with Gasteiger partial charge in [-0.15, -0.1) is 0 Å². The molecule has 0 saturated heterocycles. The number of hydrogen-bond acceptors (Lipinski definition) is 4. The molecular weight excluding hydrogens is 363 g/mol. The highest BCUT2D eigenvalue weighted by Gasteiger charge is 2.38. The molecule has 2 amide bonds. The van der Waals surface area contributed by atoms with Gasteiger partial charge in [0.15, 0.2) is 0 Å². The van der Waals surface area contributed by atoms with Crippen LogP contribution in [0.4, 0.5) is 4.39 Å². The van der Waals surface area contributed by atoms with E-state index in [4.69, 9.17) is 4.74 Å². The van der Waals surface area contributed by atoms with Crippen LogP contribution in [-0.4, -0.2) is 42.4 Å². The zero-order chi connectivity index (χ0) is 20.8. The quantitative estimate of drug-likeness (QED) is 0.727. The average molecular weight is 390 g/mol. The molecule has 1 aromatic rings. The van der Waals surface area contributed by atoms with Gasteiger partial charge in [0, 0.05) is 24.6 Å². The van der Waals surface area contributed by atoms with Gasteiger partial charge in [0.1, 0.15) is 12.4 Å². The van der Waals surface area contributed by atoms with E-state index in [1.54, 1.807) is 32.0 Å². The van der Waals surface area contributed by atoms with Crippen molar-refractivity contribution in [3.63, 3.8) is 0 Å². The fourth-order valence-corrected chi connectivity index (χ4v) is 3.22. The maximum absolute atomic E-state index is 14.4. The van der Waals surface area contributed by atoms with Crippen LogP contribution in [-0.2, 0) is 19.1 Å². The Hall–Kier alpha value is -2.70. The van der Waals surface area contributed by atoms with Crippen molar-refractivity contribution in [3.8, 4) is 0 Å². The van der Waals surface area contributed by atoms with Gasteiger partial charge in [-0.25, -0.2) is 9.18 Å². The largest absolute Gasteiger partial charge is 0.463 e. The Kier molecular flexibility index (Phi) is 7.31. The zero-order valence-electron chi connectivity index (χ0n) is 16.8. The molecule has 0 aromatic heterocycles. The molecule has 0 fully saturated rings. The molecule has 1 unspecified atom stereocenters. The molecule has 1 aliphatic heterocycles.